The Morgan fingerprint density at radius 2 is 1.81 bits per heavy atom. The Bertz CT molecular complexity index is 445. The van der Waals surface area contributed by atoms with E-state index in [4.69, 9.17) is 18.9 Å². The van der Waals surface area contributed by atoms with Crippen LogP contribution < -0.4 is 0 Å². The van der Waals surface area contributed by atoms with Gasteiger partial charge < -0.3 is 29.2 Å². The van der Waals surface area contributed by atoms with Crippen LogP contribution in [0, 0.1) is 5.92 Å². The Hall–Kier alpha value is -0.990. The molecule has 1 aliphatic rings. The zero-order chi connectivity index (χ0) is 19.7. The fourth-order valence-electron chi connectivity index (χ4n) is 3.35. The van der Waals surface area contributed by atoms with Crippen molar-refractivity contribution in [2.45, 2.75) is 70.1 Å². The second-order valence-electron chi connectivity index (χ2n) is 7.04. The first kappa shape index (κ1) is 23.0. The van der Waals surface area contributed by atoms with Crippen LogP contribution >= 0.6 is 0 Å². The molecule has 0 aromatic heterocycles. The molecule has 26 heavy (non-hydrogen) atoms. The molecule has 1 aliphatic heterocycles. The van der Waals surface area contributed by atoms with Gasteiger partial charge in [0.1, 0.15) is 6.10 Å². The number of hydrogen-bond acceptors (Lipinski definition) is 7. The Balaban J connectivity index is 2.75. The topological polar surface area (TPSA) is 94.5 Å². The quantitative estimate of drug-likeness (QED) is 0.499. The summed E-state index contributed by atoms with van der Waals surface area (Å²) in [5, 5.41) is 18.9. The number of carbonyl (C=O) groups is 1. The minimum Gasteiger partial charge on any atom is -0.458 e. The second kappa shape index (κ2) is 11.7. The second-order valence-corrected chi connectivity index (χ2v) is 7.04. The first-order valence-electron chi connectivity index (χ1n) is 9.11. The molecule has 7 nitrogen and oxygen atoms in total. The molecular formula is C19H34O7. The first-order chi connectivity index (χ1) is 12.3. The maximum absolute atomic E-state index is 12.0. The van der Waals surface area contributed by atoms with E-state index in [1.165, 1.54) is 6.08 Å². The monoisotopic (exact) mass is 374 g/mol. The molecule has 152 valence electrons. The average molecular weight is 374 g/mol. The summed E-state index contributed by atoms with van der Waals surface area (Å²) in [4.78, 5) is 12.0. The number of ether oxygens (including phenoxy) is 4. The smallest absolute Gasteiger partial charge is 0.330 e. The molecule has 0 fully saturated rings. The lowest BCUT2D eigenvalue weighted by Crippen LogP contribution is -2.39. The van der Waals surface area contributed by atoms with Gasteiger partial charge in [0.15, 0.2) is 0 Å². The fraction of sp³-hybridized carbons (Fsp3) is 0.842. The highest BCUT2D eigenvalue weighted by Crippen LogP contribution is 2.30. The van der Waals surface area contributed by atoms with Crippen LogP contribution in [0.2, 0.25) is 0 Å². The Morgan fingerprint density at radius 1 is 1.15 bits per heavy atom. The molecule has 0 amide bonds. The van der Waals surface area contributed by atoms with Gasteiger partial charge in [-0.25, -0.2) is 4.79 Å². The van der Waals surface area contributed by atoms with Crippen LogP contribution in [0.3, 0.4) is 0 Å². The van der Waals surface area contributed by atoms with Gasteiger partial charge in [-0.15, -0.1) is 0 Å². The van der Waals surface area contributed by atoms with Crippen molar-refractivity contribution in [2.24, 2.45) is 5.92 Å². The van der Waals surface area contributed by atoms with E-state index in [0.717, 1.165) is 5.57 Å². The highest BCUT2D eigenvalue weighted by molar-refractivity contribution is 5.83. The summed E-state index contributed by atoms with van der Waals surface area (Å²) in [6.07, 6.45) is 2.27. The van der Waals surface area contributed by atoms with E-state index in [9.17, 15) is 15.0 Å². The molecule has 0 bridgehead atoms. The van der Waals surface area contributed by atoms with Crippen molar-refractivity contribution < 1.29 is 34.0 Å². The summed E-state index contributed by atoms with van der Waals surface area (Å²) >= 11 is 0. The Labute approximate surface area is 156 Å². The molecule has 2 N–H and O–H groups in total. The lowest BCUT2D eigenvalue weighted by Gasteiger charge is -2.34. The fourth-order valence-corrected chi connectivity index (χ4v) is 3.35. The maximum atomic E-state index is 12.0. The van der Waals surface area contributed by atoms with Crippen molar-refractivity contribution >= 4 is 5.97 Å². The van der Waals surface area contributed by atoms with E-state index in [0.29, 0.717) is 25.7 Å². The number of hydrogen-bond donors (Lipinski definition) is 2. The van der Waals surface area contributed by atoms with E-state index in [1.807, 2.05) is 6.92 Å². The van der Waals surface area contributed by atoms with Gasteiger partial charge in [0.05, 0.1) is 31.0 Å². The molecule has 0 aromatic carbocycles. The molecule has 0 aliphatic carbocycles. The minimum atomic E-state index is -0.465. The molecule has 0 aromatic rings. The summed E-state index contributed by atoms with van der Waals surface area (Å²) in [6, 6.07) is 0. The minimum absolute atomic E-state index is 0.0605. The molecular weight excluding hydrogens is 340 g/mol. The van der Waals surface area contributed by atoms with Gasteiger partial charge in [-0.2, -0.15) is 0 Å². The van der Waals surface area contributed by atoms with Crippen molar-refractivity contribution in [3.63, 3.8) is 0 Å². The van der Waals surface area contributed by atoms with Gasteiger partial charge in [-0.1, -0.05) is 12.5 Å². The van der Waals surface area contributed by atoms with E-state index in [2.05, 4.69) is 0 Å². The predicted molar refractivity (Wildman–Crippen MR) is 96.8 cm³/mol. The molecule has 7 heteroatoms. The molecule has 1 heterocycles. The number of methoxy groups -OCH3 is 3. The standard InChI is InChI=1S/C19H34O7/c1-12(21)6-15(23-3)7-14-8-18(26-19(22)9-14)13(2)17(25-5)10-16(11-20)24-4/h9,12-13,15-18,20-21H,6-8,10-11H2,1-5H3/t12?,13-,15+,16+,17+,18-/m1/s1. The number of carbonyl (C=O) groups excluding carboxylic acids is 1. The van der Waals surface area contributed by atoms with Crippen LogP contribution in [-0.4, -0.2) is 74.6 Å². The van der Waals surface area contributed by atoms with Crippen LogP contribution in [0.5, 0.6) is 0 Å². The predicted octanol–water partition coefficient (Wildman–Crippen LogP) is 1.45. The summed E-state index contributed by atoms with van der Waals surface area (Å²) in [6.45, 7) is 3.60. The zero-order valence-electron chi connectivity index (χ0n) is 16.5. The third-order valence-electron chi connectivity index (χ3n) is 4.99. The van der Waals surface area contributed by atoms with Gasteiger partial charge in [-0.3, -0.25) is 0 Å². The van der Waals surface area contributed by atoms with Crippen molar-refractivity contribution in [3.05, 3.63) is 11.6 Å². The third-order valence-corrected chi connectivity index (χ3v) is 4.99. The van der Waals surface area contributed by atoms with Crippen molar-refractivity contribution in [2.75, 3.05) is 27.9 Å². The third kappa shape index (κ3) is 7.32. The SMILES string of the molecule is CO[C@H](CC1=CC(=O)O[C@@H]([C@H](C)[C@H](C[C@@H](CO)OC)OC)C1)CC(C)O. The van der Waals surface area contributed by atoms with Crippen LogP contribution in [-0.2, 0) is 23.7 Å². The van der Waals surface area contributed by atoms with E-state index in [1.54, 1.807) is 28.3 Å². The zero-order valence-corrected chi connectivity index (χ0v) is 16.5. The lowest BCUT2D eigenvalue weighted by atomic mass is 9.87. The first-order valence-corrected chi connectivity index (χ1v) is 9.11. The van der Waals surface area contributed by atoms with Crippen molar-refractivity contribution in [1.29, 1.82) is 0 Å². The van der Waals surface area contributed by atoms with Crippen LogP contribution in [0.1, 0.15) is 39.5 Å². The van der Waals surface area contributed by atoms with Crippen LogP contribution in [0.15, 0.2) is 11.6 Å². The van der Waals surface area contributed by atoms with Crippen molar-refractivity contribution in [3.8, 4) is 0 Å². The van der Waals surface area contributed by atoms with E-state index in [-0.39, 0.29) is 42.9 Å². The average Bonchev–Trinajstić information content (AvgIpc) is 2.61. The summed E-state index contributed by atoms with van der Waals surface area (Å²) in [7, 11) is 4.76. The van der Waals surface area contributed by atoms with Gasteiger partial charge in [0.2, 0.25) is 0 Å². The molecule has 0 saturated carbocycles. The molecule has 1 unspecified atom stereocenters. The molecule has 0 saturated heterocycles. The number of esters is 1. The molecule has 6 atom stereocenters. The number of aliphatic hydroxyl groups excluding tert-OH is 2. The molecule has 1 rings (SSSR count). The van der Waals surface area contributed by atoms with Crippen LogP contribution in [0.4, 0.5) is 0 Å². The molecule has 0 spiro atoms. The summed E-state index contributed by atoms with van der Waals surface area (Å²) in [5.74, 6) is -0.426. The normalized spacial score (nSPS) is 23.6. The number of aliphatic hydroxyl groups is 2. The number of rotatable bonds is 12. The van der Waals surface area contributed by atoms with Gasteiger partial charge >= 0.3 is 5.97 Å². The largest absolute Gasteiger partial charge is 0.458 e. The highest BCUT2D eigenvalue weighted by atomic mass is 16.5. The Morgan fingerprint density at radius 3 is 2.31 bits per heavy atom. The van der Waals surface area contributed by atoms with Gasteiger partial charge in [-0.05, 0) is 19.8 Å². The van der Waals surface area contributed by atoms with E-state index < -0.39 is 6.10 Å². The van der Waals surface area contributed by atoms with E-state index >= 15 is 0 Å². The lowest BCUT2D eigenvalue weighted by molar-refractivity contribution is -0.151. The highest BCUT2D eigenvalue weighted by Gasteiger charge is 2.33. The maximum Gasteiger partial charge on any atom is 0.330 e. The van der Waals surface area contributed by atoms with Crippen LogP contribution in [0.25, 0.3) is 0 Å². The number of cyclic esters (lactones) is 1. The summed E-state index contributed by atoms with van der Waals surface area (Å²) < 4.78 is 21.7. The van der Waals surface area contributed by atoms with Gasteiger partial charge in [0.25, 0.3) is 0 Å². The van der Waals surface area contributed by atoms with Crippen molar-refractivity contribution in [1.82, 2.24) is 0 Å². The Kier molecular flexibility index (Phi) is 10.3. The molecule has 0 radical (unpaired) electrons. The van der Waals surface area contributed by atoms with Gasteiger partial charge in [0, 0.05) is 46.2 Å². The summed E-state index contributed by atoms with van der Waals surface area (Å²) in [5.41, 5.74) is 0.950.